The predicted octanol–water partition coefficient (Wildman–Crippen LogP) is 2.06. The molecule has 84 valence electrons. The minimum atomic E-state index is -0.629. The molecular formula is C12H13FN2O. The summed E-state index contributed by atoms with van der Waals surface area (Å²) < 4.78 is 12.8. The summed E-state index contributed by atoms with van der Waals surface area (Å²) >= 11 is 0. The smallest absolute Gasteiger partial charge is 0.251 e. The van der Waals surface area contributed by atoms with Gasteiger partial charge < -0.3 is 5.32 Å². The minimum absolute atomic E-state index is 0.161. The molecule has 16 heavy (non-hydrogen) atoms. The molecule has 0 saturated carbocycles. The Morgan fingerprint density at radius 1 is 1.50 bits per heavy atom. The molecule has 3 nitrogen and oxygen atoms in total. The molecule has 2 rings (SSSR count). The molecule has 1 N–H and O–H groups in total. The van der Waals surface area contributed by atoms with Crippen LogP contribution in [-0.4, -0.2) is 16.9 Å². The molecule has 0 aromatic carbocycles. The number of nitrogens with one attached hydrogen (secondary N) is 1. The van der Waals surface area contributed by atoms with Gasteiger partial charge in [-0.05, 0) is 25.3 Å². The number of amides is 1. The van der Waals surface area contributed by atoms with Crippen molar-refractivity contribution in [1.82, 2.24) is 10.3 Å². The zero-order valence-corrected chi connectivity index (χ0v) is 8.82. The maximum atomic E-state index is 12.8. The molecule has 1 atom stereocenters. The second kappa shape index (κ2) is 4.88. The summed E-state index contributed by atoms with van der Waals surface area (Å²) in [6.45, 7) is 0. The molecule has 1 aromatic rings. The first-order chi connectivity index (χ1) is 7.75. The molecule has 1 amide bonds. The zero-order chi connectivity index (χ0) is 11.4. The van der Waals surface area contributed by atoms with E-state index in [4.69, 9.17) is 0 Å². The van der Waals surface area contributed by atoms with Gasteiger partial charge >= 0.3 is 0 Å². The highest BCUT2D eigenvalue weighted by Gasteiger charge is 2.14. The summed E-state index contributed by atoms with van der Waals surface area (Å²) in [6, 6.07) is 2.82. The van der Waals surface area contributed by atoms with E-state index in [1.807, 2.05) is 0 Å². The fraction of sp³-hybridized carbons (Fsp3) is 0.333. The fourth-order valence-electron chi connectivity index (χ4n) is 1.74. The van der Waals surface area contributed by atoms with Crippen molar-refractivity contribution in [2.75, 3.05) is 0 Å². The standard InChI is InChI=1S/C12H13FN2O/c13-11-8-9(6-7-14-11)12(16)15-10-4-2-1-3-5-10/h1-2,6-8,10H,3-5H2,(H,15,16). The van der Waals surface area contributed by atoms with Gasteiger partial charge in [0.15, 0.2) is 0 Å². The SMILES string of the molecule is O=C(NC1CC=CCC1)c1ccnc(F)c1. The van der Waals surface area contributed by atoms with Crippen LogP contribution in [0.3, 0.4) is 0 Å². The highest BCUT2D eigenvalue weighted by Crippen LogP contribution is 2.11. The van der Waals surface area contributed by atoms with Crippen LogP contribution in [0.2, 0.25) is 0 Å². The Kier molecular flexibility index (Phi) is 3.29. The average Bonchev–Trinajstić information content (AvgIpc) is 2.30. The molecule has 0 spiro atoms. The van der Waals surface area contributed by atoms with Gasteiger partial charge in [0.05, 0.1) is 0 Å². The normalized spacial score (nSPS) is 19.4. The Morgan fingerprint density at radius 3 is 3.06 bits per heavy atom. The van der Waals surface area contributed by atoms with E-state index in [9.17, 15) is 9.18 Å². The number of aromatic nitrogens is 1. The number of rotatable bonds is 2. The van der Waals surface area contributed by atoms with Gasteiger partial charge in [-0.1, -0.05) is 12.2 Å². The molecule has 1 aliphatic rings. The lowest BCUT2D eigenvalue weighted by atomic mass is 10.0. The van der Waals surface area contributed by atoms with E-state index in [1.165, 1.54) is 12.3 Å². The van der Waals surface area contributed by atoms with Crippen molar-refractivity contribution in [1.29, 1.82) is 0 Å². The third kappa shape index (κ3) is 2.66. The van der Waals surface area contributed by atoms with Crippen LogP contribution in [-0.2, 0) is 0 Å². The second-order valence-corrected chi connectivity index (χ2v) is 3.82. The summed E-state index contributed by atoms with van der Waals surface area (Å²) in [5.41, 5.74) is 0.321. The Morgan fingerprint density at radius 2 is 2.38 bits per heavy atom. The number of hydrogen-bond acceptors (Lipinski definition) is 2. The molecule has 1 aliphatic carbocycles. The molecule has 0 saturated heterocycles. The van der Waals surface area contributed by atoms with Crippen molar-refractivity contribution >= 4 is 5.91 Å². The van der Waals surface area contributed by atoms with Crippen LogP contribution in [0.25, 0.3) is 0 Å². The Hall–Kier alpha value is -1.71. The highest BCUT2D eigenvalue weighted by atomic mass is 19.1. The van der Waals surface area contributed by atoms with E-state index in [2.05, 4.69) is 22.5 Å². The van der Waals surface area contributed by atoms with E-state index in [-0.39, 0.29) is 11.9 Å². The molecule has 1 heterocycles. The summed E-state index contributed by atoms with van der Waals surface area (Å²) in [7, 11) is 0. The first-order valence-corrected chi connectivity index (χ1v) is 5.33. The predicted molar refractivity (Wildman–Crippen MR) is 58.4 cm³/mol. The molecule has 0 aliphatic heterocycles. The number of hydrogen-bond donors (Lipinski definition) is 1. The molecular weight excluding hydrogens is 207 g/mol. The van der Waals surface area contributed by atoms with Crippen molar-refractivity contribution in [2.45, 2.75) is 25.3 Å². The summed E-state index contributed by atoms with van der Waals surface area (Å²) in [5, 5.41) is 2.88. The van der Waals surface area contributed by atoms with Crippen molar-refractivity contribution in [3.05, 3.63) is 42.0 Å². The second-order valence-electron chi connectivity index (χ2n) is 3.82. The largest absolute Gasteiger partial charge is 0.349 e. The number of halogens is 1. The van der Waals surface area contributed by atoms with Gasteiger partial charge in [0.2, 0.25) is 5.95 Å². The number of pyridine rings is 1. The Balaban J connectivity index is 2.00. The summed E-state index contributed by atoms with van der Waals surface area (Å²) in [4.78, 5) is 15.1. The molecule has 0 fully saturated rings. The van der Waals surface area contributed by atoms with Gasteiger partial charge in [0, 0.05) is 23.9 Å². The van der Waals surface area contributed by atoms with E-state index in [0.29, 0.717) is 5.56 Å². The van der Waals surface area contributed by atoms with E-state index >= 15 is 0 Å². The lowest BCUT2D eigenvalue weighted by Gasteiger charge is -2.19. The van der Waals surface area contributed by atoms with Gasteiger partial charge in [0.25, 0.3) is 5.91 Å². The van der Waals surface area contributed by atoms with Crippen molar-refractivity contribution in [2.24, 2.45) is 0 Å². The van der Waals surface area contributed by atoms with Crippen molar-refractivity contribution < 1.29 is 9.18 Å². The lowest BCUT2D eigenvalue weighted by Crippen LogP contribution is -2.35. The van der Waals surface area contributed by atoms with Crippen LogP contribution < -0.4 is 5.32 Å². The van der Waals surface area contributed by atoms with Gasteiger partial charge in [-0.15, -0.1) is 0 Å². The quantitative estimate of drug-likeness (QED) is 0.612. The molecule has 4 heteroatoms. The highest BCUT2D eigenvalue weighted by molar-refractivity contribution is 5.94. The lowest BCUT2D eigenvalue weighted by molar-refractivity contribution is 0.0934. The molecule has 1 unspecified atom stereocenters. The molecule has 0 bridgehead atoms. The van der Waals surface area contributed by atoms with E-state index in [0.717, 1.165) is 25.3 Å². The van der Waals surface area contributed by atoms with Crippen LogP contribution in [0.15, 0.2) is 30.5 Å². The van der Waals surface area contributed by atoms with Crippen LogP contribution in [0.5, 0.6) is 0 Å². The van der Waals surface area contributed by atoms with Crippen LogP contribution >= 0.6 is 0 Å². The Labute approximate surface area is 93.4 Å². The summed E-state index contributed by atoms with van der Waals surface area (Å²) in [5.74, 6) is -0.863. The summed E-state index contributed by atoms with van der Waals surface area (Å²) in [6.07, 6.45) is 8.23. The maximum absolute atomic E-state index is 12.8. The van der Waals surface area contributed by atoms with E-state index < -0.39 is 5.95 Å². The zero-order valence-electron chi connectivity index (χ0n) is 8.82. The number of allylic oxidation sites excluding steroid dienone is 1. The monoisotopic (exact) mass is 220 g/mol. The van der Waals surface area contributed by atoms with Crippen molar-refractivity contribution in [3.63, 3.8) is 0 Å². The van der Waals surface area contributed by atoms with Crippen molar-refractivity contribution in [3.8, 4) is 0 Å². The van der Waals surface area contributed by atoms with Crippen LogP contribution in [0.4, 0.5) is 4.39 Å². The van der Waals surface area contributed by atoms with Gasteiger partial charge in [0.1, 0.15) is 0 Å². The van der Waals surface area contributed by atoms with Gasteiger partial charge in [-0.2, -0.15) is 4.39 Å². The minimum Gasteiger partial charge on any atom is -0.349 e. The molecule has 0 radical (unpaired) electrons. The third-order valence-corrected chi connectivity index (χ3v) is 2.59. The van der Waals surface area contributed by atoms with Crippen LogP contribution in [0.1, 0.15) is 29.6 Å². The number of nitrogens with zero attached hydrogens (tertiary/aromatic N) is 1. The first kappa shape index (κ1) is 10.8. The maximum Gasteiger partial charge on any atom is 0.251 e. The first-order valence-electron chi connectivity index (χ1n) is 5.33. The van der Waals surface area contributed by atoms with Gasteiger partial charge in [-0.3, -0.25) is 4.79 Å². The van der Waals surface area contributed by atoms with E-state index in [1.54, 1.807) is 0 Å². The Bertz CT molecular complexity index is 417. The average molecular weight is 220 g/mol. The molecule has 1 aromatic heterocycles. The number of carbonyl (C=O) groups is 1. The third-order valence-electron chi connectivity index (χ3n) is 2.59. The topological polar surface area (TPSA) is 42.0 Å². The van der Waals surface area contributed by atoms with Gasteiger partial charge in [-0.25, -0.2) is 4.98 Å². The number of carbonyl (C=O) groups excluding carboxylic acids is 1. The fourth-order valence-corrected chi connectivity index (χ4v) is 1.74. The van der Waals surface area contributed by atoms with Crippen LogP contribution in [0, 0.1) is 5.95 Å².